The van der Waals surface area contributed by atoms with Crippen LogP contribution in [-0.4, -0.2) is 20.8 Å². The van der Waals surface area contributed by atoms with E-state index in [1.54, 1.807) is 19.3 Å². The lowest BCUT2D eigenvalue weighted by molar-refractivity contribution is -0.109. The molecule has 0 saturated heterocycles. The number of nitrogens with zero attached hydrogens (tertiary/aromatic N) is 2. The molecule has 0 amide bonds. The third kappa shape index (κ3) is 5.17. The number of nitrogens with two attached hydrogens (primary N) is 1. The number of hydrogen-bond acceptors (Lipinski definition) is 5. The largest absolute Gasteiger partial charge is 0.368 e. The maximum atomic E-state index is 10.6. The van der Waals surface area contributed by atoms with Gasteiger partial charge in [-0.1, -0.05) is 23.9 Å². The minimum absolute atomic E-state index is 0.152. The number of nitrogen functional groups attached to an aromatic ring is 1. The molecular weight excluding hydrogens is 210 g/mol. The van der Waals surface area contributed by atoms with Gasteiger partial charge in [0.15, 0.2) is 5.12 Å². The molecule has 1 rings (SSSR count). The molecule has 4 nitrogen and oxygen atoms in total. The highest BCUT2D eigenvalue weighted by molar-refractivity contribution is 8.13. The van der Waals surface area contributed by atoms with Crippen molar-refractivity contribution in [3.8, 4) is 0 Å². The average Bonchev–Trinajstić information content (AvgIpc) is 2.20. The van der Waals surface area contributed by atoms with Crippen molar-refractivity contribution >= 4 is 28.9 Å². The van der Waals surface area contributed by atoms with Crippen molar-refractivity contribution in [1.29, 1.82) is 0 Å². The fourth-order valence-electron chi connectivity index (χ4n) is 0.924. The van der Waals surface area contributed by atoms with Crippen molar-refractivity contribution < 1.29 is 4.79 Å². The molecule has 15 heavy (non-hydrogen) atoms. The van der Waals surface area contributed by atoms with Gasteiger partial charge in [0.1, 0.15) is 0 Å². The summed E-state index contributed by atoms with van der Waals surface area (Å²) in [4.78, 5) is 18.3. The summed E-state index contributed by atoms with van der Waals surface area (Å²) in [7, 11) is 0. The lowest BCUT2D eigenvalue weighted by atomic mass is 10.3. The van der Waals surface area contributed by atoms with Crippen molar-refractivity contribution in [2.45, 2.75) is 13.3 Å². The monoisotopic (exact) mass is 223 g/mol. The summed E-state index contributed by atoms with van der Waals surface area (Å²) in [5.41, 5.74) is 6.26. The Morgan fingerprint density at radius 3 is 2.80 bits per heavy atom. The zero-order valence-electron chi connectivity index (χ0n) is 8.51. The molecule has 0 aliphatic heterocycles. The normalized spacial score (nSPS) is 10.7. The number of allylic oxidation sites excluding steroid dienone is 1. The zero-order chi connectivity index (χ0) is 11.1. The van der Waals surface area contributed by atoms with Gasteiger partial charge < -0.3 is 5.73 Å². The molecule has 0 bridgehead atoms. The quantitative estimate of drug-likeness (QED) is 0.787. The minimum Gasteiger partial charge on any atom is -0.368 e. The molecule has 2 N–H and O–H groups in total. The lowest BCUT2D eigenvalue weighted by Crippen LogP contribution is -1.93. The van der Waals surface area contributed by atoms with Crippen LogP contribution in [0.25, 0.3) is 6.08 Å². The number of rotatable bonds is 4. The topological polar surface area (TPSA) is 68.9 Å². The molecule has 0 aromatic carbocycles. The first-order chi connectivity index (χ1) is 7.18. The van der Waals surface area contributed by atoms with Crippen LogP contribution in [0.4, 0.5) is 5.95 Å². The lowest BCUT2D eigenvalue weighted by Gasteiger charge is -1.93. The number of carbonyl (C=O) groups excluding carboxylic acids is 1. The van der Waals surface area contributed by atoms with Crippen LogP contribution < -0.4 is 5.73 Å². The van der Waals surface area contributed by atoms with Gasteiger partial charge in [-0.3, -0.25) is 4.79 Å². The predicted molar refractivity (Wildman–Crippen MR) is 63.2 cm³/mol. The second-order valence-corrected chi connectivity index (χ2v) is 4.18. The first kappa shape index (κ1) is 11.7. The Bertz CT molecular complexity index is 348. The van der Waals surface area contributed by atoms with E-state index in [4.69, 9.17) is 5.73 Å². The van der Waals surface area contributed by atoms with Gasteiger partial charge in [0.05, 0.1) is 0 Å². The van der Waals surface area contributed by atoms with Crippen LogP contribution in [0.2, 0.25) is 0 Å². The Hall–Kier alpha value is -1.36. The highest BCUT2D eigenvalue weighted by Crippen LogP contribution is 2.06. The van der Waals surface area contributed by atoms with E-state index in [-0.39, 0.29) is 11.1 Å². The number of thioether (sulfide) groups is 1. The second-order valence-electron chi connectivity index (χ2n) is 2.91. The van der Waals surface area contributed by atoms with E-state index >= 15 is 0 Å². The Morgan fingerprint density at radius 1 is 1.53 bits per heavy atom. The number of hydrogen-bond donors (Lipinski definition) is 1. The van der Waals surface area contributed by atoms with Crippen molar-refractivity contribution in [2.24, 2.45) is 0 Å². The summed E-state index contributed by atoms with van der Waals surface area (Å²) < 4.78 is 0. The summed E-state index contributed by atoms with van der Waals surface area (Å²) in [5, 5.41) is 0.152. The van der Waals surface area contributed by atoms with Gasteiger partial charge in [0.2, 0.25) is 5.95 Å². The van der Waals surface area contributed by atoms with Crippen molar-refractivity contribution in [1.82, 2.24) is 9.97 Å². The van der Waals surface area contributed by atoms with E-state index < -0.39 is 0 Å². The third-order valence-corrected chi connectivity index (χ3v) is 2.44. The molecule has 1 aromatic rings. The van der Waals surface area contributed by atoms with Crippen molar-refractivity contribution in [2.75, 3.05) is 11.5 Å². The van der Waals surface area contributed by atoms with Gasteiger partial charge >= 0.3 is 0 Å². The highest BCUT2D eigenvalue weighted by Gasteiger charge is 1.92. The smallest absolute Gasteiger partial charge is 0.219 e. The average molecular weight is 223 g/mol. The number of aromatic nitrogens is 2. The Balaban J connectivity index is 2.32. The SMILES string of the molecule is CC(=O)SCCC=Cc1cnc(N)nc1. The number of anilines is 1. The van der Waals surface area contributed by atoms with Crippen LogP contribution in [0.5, 0.6) is 0 Å². The van der Waals surface area contributed by atoms with Gasteiger partial charge in [-0.15, -0.1) is 0 Å². The van der Waals surface area contributed by atoms with Crippen LogP contribution in [0.1, 0.15) is 18.9 Å². The fraction of sp³-hybridized carbons (Fsp3) is 0.300. The van der Waals surface area contributed by atoms with E-state index in [9.17, 15) is 4.79 Å². The van der Waals surface area contributed by atoms with Gasteiger partial charge in [-0.2, -0.15) is 0 Å². The predicted octanol–water partition coefficient (Wildman–Crippen LogP) is 1.74. The third-order valence-electron chi connectivity index (χ3n) is 1.59. The van der Waals surface area contributed by atoms with Crippen LogP contribution in [-0.2, 0) is 4.79 Å². The molecule has 5 heteroatoms. The first-order valence-electron chi connectivity index (χ1n) is 4.56. The summed E-state index contributed by atoms with van der Waals surface area (Å²) in [5.74, 6) is 1.08. The van der Waals surface area contributed by atoms with Gasteiger partial charge in [-0.25, -0.2) is 9.97 Å². The van der Waals surface area contributed by atoms with E-state index in [2.05, 4.69) is 9.97 Å². The summed E-state index contributed by atoms with van der Waals surface area (Å²) in [6, 6.07) is 0. The molecule has 0 atom stereocenters. The Kier molecular flexibility index (Phi) is 4.83. The van der Waals surface area contributed by atoms with E-state index in [1.807, 2.05) is 12.2 Å². The van der Waals surface area contributed by atoms with Gasteiger partial charge in [0.25, 0.3) is 0 Å². The molecule has 0 unspecified atom stereocenters. The molecule has 1 aromatic heterocycles. The standard InChI is InChI=1S/C10H13N3OS/c1-8(14)15-5-3-2-4-9-6-12-10(11)13-7-9/h2,4,6-7H,3,5H2,1H3,(H2,11,12,13). The second kappa shape index (κ2) is 6.19. The summed E-state index contributed by atoms with van der Waals surface area (Å²) >= 11 is 1.33. The summed E-state index contributed by atoms with van der Waals surface area (Å²) in [6.07, 6.45) is 8.09. The summed E-state index contributed by atoms with van der Waals surface area (Å²) in [6.45, 7) is 1.57. The molecule has 0 spiro atoms. The maximum Gasteiger partial charge on any atom is 0.219 e. The molecular formula is C10H13N3OS. The van der Waals surface area contributed by atoms with Gasteiger partial charge in [-0.05, 0) is 6.42 Å². The molecule has 0 aliphatic rings. The molecule has 0 radical (unpaired) electrons. The van der Waals surface area contributed by atoms with Crippen LogP contribution in [0.15, 0.2) is 18.5 Å². The van der Waals surface area contributed by atoms with E-state index in [1.165, 1.54) is 11.8 Å². The molecule has 0 aliphatic carbocycles. The Labute approximate surface area is 93.0 Å². The molecule has 0 saturated carbocycles. The van der Waals surface area contributed by atoms with Crippen molar-refractivity contribution in [3.63, 3.8) is 0 Å². The Morgan fingerprint density at radius 2 is 2.20 bits per heavy atom. The van der Waals surface area contributed by atoms with Crippen molar-refractivity contribution in [3.05, 3.63) is 24.0 Å². The zero-order valence-corrected chi connectivity index (χ0v) is 9.33. The van der Waals surface area contributed by atoms with Crippen LogP contribution in [0, 0.1) is 0 Å². The maximum absolute atomic E-state index is 10.6. The van der Waals surface area contributed by atoms with E-state index in [0.29, 0.717) is 0 Å². The van der Waals surface area contributed by atoms with Gasteiger partial charge in [0, 0.05) is 30.6 Å². The number of carbonyl (C=O) groups is 1. The molecule has 80 valence electrons. The highest BCUT2D eigenvalue weighted by atomic mass is 32.2. The van der Waals surface area contributed by atoms with E-state index in [0.717, 1.165) is 17.7 Å². The minimum atomic E-state index is 0.152. The van der Waals surface area contributed by atoms with Crippen LogP contribution >= 0.6 is 11.8 Å². The molecule has 1 heterocycles. The fourth-order valence-corrected chi connectivity index (χ4v) is 1.47. The first-order valence-corrected chi connectivity index (χ1v) is 5.54. The molecule has 0 fully saturated rings. The van der Waals surface area contributed by atoms with Crippen LogP contribution in [0.3, 0.4) is 0 Å².